The first-order valence-corrected chi connectivity index (χ1v) is 16.7. The second kappa shape index (κ2) is 13.8. The molecule has 48 heavy (non-hydrogen) atoms. The van der Waals surface area contributed by atoms with E-state index in [1.165, 1.54) is 19.2 Å². The molecule has 2 saturated heterocycles. The van der Waals surface area contributed by atoms with Gasteiger partial charge in [-0.1, -0.05) is 5.16 Å². The number of benzene rings is 1. The summed E-state index contributed by atoms with van der Waals surface area (Å²) in [4.78, 5) is 47.4. The Morgan fingerprint density at radius 2 is 2.06 bits per heavy atom. The fourth-order valence-electron chi connectivity index (χ4n) is 4.88. The van der Waals surface area contributed by atoms with Gasteiger partial charge in [-0.25, -0.2) is 14.3 Å². The highest BCUT2D eigenvalue weighted by Crippen LogP contribution is 2.33. The number of oxime groups is 1. The maximum atomic E-state index is 13.3. The van der Waals surface area contributed by atoms with Gasteiger partial charge in [-0.3, -0.25) is 19.1 Å². The Hall–Kier alpha value is -4.63. The average molecular weight is 708 g/mol. The van der Waals surface area contributed by atoms with Crippen LogP contribution in [-0.2, 0) is 45.1 Å². The quantitative estimate of drug-likeness (QED) is 0.0581. The van der Waals surface area contributed by atoms with Crippen molar-refractivity contribution in [2.45, 2.75) is 31.5 Å². The van der Waals surface area contributed by atoms with Crippen LogP contribution in [0.2, 0.25) is 0 Å². The molecule has 0 unspecified atom stereocenters. The van der Waals surface area contributed by atoms with Crippen LogP contribution in [0.4, 0.5) is 10.9 Å². The summed E-state index contributed by atoms with van der Waals surface area (Å²) in [6.07, 6.45) is 0.249. The summed E-state index contributed by atoms with van der Waals surface area (Å²) in [5.74, 6) is -1.44. The lowest BCUT2D eigenvalue weighted by molar-refractivity contribution is -0.656. The molecule has 1 aromatic carbocycles. The SMILES string of the molecule is COS(=O)(=O)ON1C(=O)[C@@H](NC(=O)/C(=N\O[C@@H](COc2ccc3c(NCC4CNC4)[n+](C)ccc3c2)C(=O)O)c2csc(N)n2)C1(C)C. The Bertz CT molecular complexity index is 1860. The topological polar surface area (TPSA) is 237 Å². The second-order valence-corrected chi connectivity index (χ2v) is 13.7. The molecule has 2 aliphatic heterocycles. The number of aryl methyl sites for hydroxylation is 1. The maximum Gasteiger partial charge on any atom is 0.420 e. The highest BCUT2D eigenvalue weighted by Gasteiger charge is 2.58. The highest BCUT2D eigenvalue weighted by atomic mass is 32.3. The third kappa shape index (κ3) is 7.41. The molecule has 18 nitrogen and oxygen atoms in total. The Morgan fingerprint density at radius 3 is 2.67 bits per heavy atom. The van der Waals surface area contributed by atoms with Crippen molar-refractivity contribution in [3.8, 4) is 5.75 Å². The van der Waals surface area contributed by atoms with E-state index in [1.54, 1.807) is 12.1 Å². The highest BCUT2D eigenvalue weighted by molar-refractivity contribution is 7.81. The number of β-lactam (4-membered cyclic amide) rings is 1. The smallest absolute Gasteiger partial charge is 0.420 e. The number of aliphatic carboxylic acids is 1. The molecule has 6 N–H and O–H groups in total. The number of anilines is 2. The number of hydroxylamine groups is 2. The summed E-state index contributed by atoms with van der Waals surface area (Å²) >= 11 is 0.982. The van der Waals surface area contributed by atoms with E-state index in [0.717, 1.165) is 54.7 Å². The van der Waals surface area contributed by atoms with Crippen molar-refractivity contribution < 1.29 is 50.5 Å². The number of carbonyl (C=O) groups is 3. The lowest BCUT2D eigenvalue weighted by atomic mass is 9.84. The monoisotopic (exact) mass is 707 g/mol. The number of carbonyl (C=O) groups excluding carboxylic acids is 2. The lowest BCUT2D eigenvalue weighted by Gasteiger charge is -2.50. The molecule has 0 aliphatic carbocycles. The van der Waals surface area contributed by atoms with Crippen molar-refractivity contribution >= 4 is 67.0 Å². The Morgan fingerprint density at radius 1 is 1.31 bits per heavy atom. The van der Waals surface area contributed by atoms with Gasteiger partial charge in [0, 0.05) is 24.4 Å². The Labute approximate surface area is 279 Å². The number of hydrogen-bond donors (Lipinski definition) is 5. The zero-order chi connectivity index (χ0) is 34.8. The molecule has 2 fully saturated rings. The van der Waals surface area contributed by atoms with Crippen molar-refractivity contribution in [3.05, 3.63) is 41.5 Å². The first kappa shape index (κ1) is 34.7. The summed E-state index contributed by atoms with van der Waals surface area (Å²) in [7, 11) is -1.71. The number of carboxylic acids is 1. The number of thiazole rings is 1. The van der Waals surface area contributed by atoms with Crippen LogP contribution >= 0.6 is 11.3 Å². The largest absolute Gasteiger partial charge is 0.489 e. The molecule has 4 heterocycles. The van der Waals surface area contributed by atoms with E-state index in [1.807, 2.05) is 29.9 Å². The van der Waals surface area contributed by atoms with E-state index in [9.17, 15) is 27.9 Å². The minimum Gasteiger partial charge on any atom is -0.489 e. The van der Waals surface area contributed by atoms with Gasteiger partial charge in [-0.05, 0) is 43.5 Å². The Kier molecular flexibility index (Phi) is 10.0. The molecule has 258 valence electrons. The number of nitrogens with two attached hydrogens (primary N) is 1. The van der Waals surface area contributed by atoms with Crippen LogP contribution in [0.1, 0.15) is 19.5 Å². The second-order valence-electron chi connectivity index (χ2n) is 11.5. The number of amides is 2. The molecule has 5 rings (SSSR count). The van der Waals surface area contributed by atoms with Crippen LogP contribution in [0.15, 0.2) is 41.0 Å². The van der Waals surface area contributed by atoms with Crippen LogP contribution in [-0.4, -0.2) is 98.1 Å². The minimum absolute atomic E-state index is 0.0552. The summed E-state index contributed by atoms with van der Waals surface area (Å²) in [6.45, 7) is 5.16. The zero-order valence-electron chi connectivity index (χ0n) is 26.3. The van der Waals surface area contributed by atoms with Gasteiger partial charge in [0.15, 0.2) is 10.8 Å². The van der Waals surface area contributed by atoms with Gasteiger partial charge < -0.3 is 31.0 Å². The molecule has 2 amide bonds. The molecule has 0 saturated carbocycles. The molecule has 3 aromatic rings. The van der Waals surface area contributed by atoms with E-state index in [0.29, 0.717) is 16.7 Å². The van der Waals surface area contributed by atoms with Crippen LogP contribution in [0, 0.1) is 5.92 Å². The third-order valence-corrected chi connectivity index (χ3v) is 9.20. The van der Waals surface area contributed by atoms with Gasteiger partial charge in [-0.15, -0.1) is 15.6 Å². The Balaban J connectivity index is 1.28. The number of nitrogens with zero attached hydrogens (tertiary/aromatic N) is 4. The molecular formula is C28H35N8O10S2+. The molecule has 2 atom stereocenters. The number of aromatic nitrogens is 2. The summed E-state index contributed by atoms with van der Waals surface area (Å²) < 4.78 is 40.0. The number of pyridine rings is 1. The molecule has 20 heteroatoms. The predicted octanol–water partition coefficient (Wildman–Crippen LogP) is -0.484. The van der Waals surface area contributed by atoms with E-state index in [4.69, 9.17) is 15.3 Å². The first-order chi connectivity index (χ1) is 22.7. The van der Waals surface area contributed by atoms with E-state index >= 15 is 0 Å². The summed E-state index contributed by atoms with van der Waals surface area (Å²) in [6, 6.07) is 5.99. The molecule has 2 aliphatic rings. The van der Waals surface area contributed by atoms with Gasteiger partial charge in [0.05, 0.1) is 37.8 Å². The first-order valence-electron chi connectivity index (χ1n) is 14.5. The van der Waals surface area contributed by atoms with Crippen molar-refractivity contribution in [2.24, 2.45) is 18.1 Å². The van der Waals surface area contributed by atoms with Crippen LogP contribution < -0.4 is 31.0 Å². The fourth-order valence-corrected chi connectivity index (χ4v) is 5.93. The number of fused-ring (bicyclic) bond motifs is 1. The number of rotatable bonds is 15. The van der Waals surface area contributed by atoms with Crippen molar-refractivity contribution in [2.75, 3.05) is 44.4 Å². The molecular weight excluding hydrogens is 672 g/mol. The van der Waals surface area contributed by atoms with Crippen molar-refractivity contribution in [1.29, 1.82) is 0 Å². The molecule has 0 radical (unpaired) electrons. The number of ether oxygens (including phenoxy) is 1. The molecule has 0 spiro atoms. The van der Waals surface area contributed by atoms with Crippen LogP contribution in [0.5, 0.6) is 5.75 Å². The van der Waals surface area contributed by atoms with Gasteiger partial charge in [0.1, 0.15) is 24.1 Å². The normalized spacial score (nSPS) is 18.5. The number of hydrogen-bond acceptors (Lipinski definition) is 15. The van der Waals surface area contributed by atoms with Gasteiger partial charge >= 0.3 is 16.4 Å². The van der Waals surface area contributed by atoms with Gasteiger partial charge in [-0.2, -0.15) is 13.5 Å². The molecule has 2 aromatic heterocycles. The van der Waals surface area contributed by atoms with Gasteiger partial charge in [0.2, 0.25) is 0 Å². The van der Waals surface area contributed by atoms with Crippen LogP contribution in [0.3, 0.4) is 0 Å². The standard InChI is InChI=1S/C28H34N8O10S2/c1-28(2)22(25(38)36(28)46-48(41,42)43-4)33-24(37)21(19-14-47-27(29)32-19)34-45-20(26(39)40)13-44-17-5-6-18-16(9-17)7-8-35(3)23(18)31-12-15-10-30-11-15/h5-9,14-15,20,22,30H,10-13H2,1-4H3,(H4,29,32,33,37,39,40)/p+1/b34-21-/t20-,22+/m0/s1. The lowest BCUT2D eigenvalue weighted by Crippen LogP contribution is -2.76. The van der Waals surface area contributed by atoms with Crippen molar-refractivity contribution in [3.63, 3.8) is 0 Å². The minimum atomic E-state index is -4.51. The van der Waals surface area contributed by atoms with E-state index in [2.05, 4.69) is 34.6 Å². The average Bonchev–Trinajstić information content (AvgIpc) is 3.45. The van der Waals surface area contributed by atoms with Crippen molar-refractivity contribution in [1.82, 2.24) is 20.7 Å². The fraction of sp³-hybridized carbons (Fsp3) is 0.429. The number of carboxylic acid groups (broad SMARTS) is 1. The summed E-state index contributed by atoms with van der Waals surface area (Å²) in [5, 5.41) is 26.6. The maximum absolute atomic E-state index is 13.3. The van der Waals surface area contributed by atoms with E-state index < -0.39 is 58.2 Å². The predicted molar refractivity (Wildman–Crippen MR) is 171 cm³/mol. The number of nitrogen functional groups attached to an aromatic ring is 1. The zero-order valence-corrected chi connectivity index (χ0v) is 28.0. The third-order valence-electron chi connectivity index (χ3n) is 7.78. The van der Waals surface area contributed by atoms with E-state index in [-0.39, 0.29) is 10.8 Å². The van der Waals surface area contributed by atoms with Gasteiger partial charge in [0.25, 0.3) is 23.7 Å². The summed E-state index contributed by atoms with van der Waals surface area (Å²) in [5.41, 5.74) is 3.85. The van der Waals surface area contributed by atoms with Crippen LogP contribution in [0.25, 0.3) is 10.8 Å². The number of nitrogens with one attached hydrogen (secondary N) is 3. The molecule has 0 bridgehead atoms.